The highest BCUT2D eigenvalue weighted by Crippen LogP contribution is 2.34. The van der Waals surface area contributed by atoms with E-state index in [9.17, 15) is 9.59 Å². The second-order valence-electron chi connectivity index (χ2n) is 7.10. The molecule has 0 aliphatic rings. The molecule has 3 aromatic carbocycles. The molecule has 0 saturated carbocycles. The minimum atomic E-state index is -0.525. The van der Waals surface area contributed by atoms with Crippen LogP contribution in [0.3, 0.4) is 0 Å². The van der Waals surface area contributed by atoms with Gasteiger partial charge in [0.25, 0.3) is 0 Å². The van der Waals surface area contributed by atoms with Crippen LogP contribution in [0.25, 0.3) is 21.4 Å². The molecule has 1 aromatic heterocycles. The maximum Gasteiger partial charge on any atom is 0.396 e. The number of benzene rings is 3. The van der Waals surface area contributed by atoms with Gasteiger partial charge in [-0.2, -0.15) is 0 Å². The number of aryl methyl sites for hydroxylation is 3. The molecule has 0 unspecified atom stereocenters. The van der Waals surface area contributed by atoms with Gasteiger partial charge in [0.05, 0.1) is 4.70 Å². The lowest BCUT2D eigenvalue weighted by atomic mass is 10.0. The summed E-state index contributed by atoms with van der Waals surface area (Å²) >= 11 is 0.975. The summed E-state index contributed by atoms with van der Waals surface area (Å²) in [5.74, 6) is 0.492. The number of carbonyl (C=O) groups is 1. The molecular weight excluding hydrogens is 400 g/mol. The zero-order valence-electron chi connectivity index (χ0n) is 16.9. The molecule has 0 aliphatic carbocycles. The van der Waals surface area contributed by atoms with Crippen molar-refractivity contribution >= 4 is 27.6 Å². The van der Waals surface area contributed by atoms with Crippen LogP contribution in [0.15, 0.2) is 63.8 Å². The first-order valence-corrected chi connectivity index (χ1v) is 10.3. The molecule has 4 aromatic rings. The van der Waals surface area contributed by atoms with Crippen molar-refractivity contribution in [3.8, 4) is 22.6 Å². The molecule has 30 heavy (non-hydrogen) atoms. The number of hydrogen-bond donors (Lipinski definition) is 0. The highest BCUT2D eigenvalue weighted by molar-refractivity contribution is 7.16. The van der Waals surface area contributed by atoms with E-state index in [1.807, 2.05) is 63.2 Å². The van der Waals surface area contributed by atoms with Crippen LogP contribution in [0, 0.1) is 20.8 Å². The van der Waals surface area contributed by atoms with Crippen LogP contribution in [-0.4, -0.2) is 12.6 Å². The van der Waals surface area contributed by atoms with Crippen LogP contribution in [-0.2, 0) is 4.79 Å². The van der Waals surface area contributed by atoms with Gasteiger partial charge in [-0.1, -0.05) is 59.4 Å². The zero-order valence-corrected chi connectivity index (χ0v) is 17.7. The third-order valence-corrected chi connectivity index (χ3v) is 5.52. The fraction of sp³-hybridized carbons (Fsp3) is 0.167. The topological polar surface area (TPSA) is 65.7 Å². The summed E-state index contributed by atoms with van der Waals surface area (Å²) in [4.78, 5) is 23.8. The van der Waals surface area contributed by atoms with E-state index in [0.717, 1.165) is 33.6 Å². The largest absolute Gasteiger partial charge is 0.481 e. The van der Waals surface area contributed by atoms with Gasteiger partial charge in [-0.3, -0.25) is 0 Å². The van der Waals surface area contributed by atoms with Crippen LogP contribution < -0.4 is 14.4 Å². The van der Waals surface area contributed by atoms with Crippen molar-refractivity contribution in [1.82, 2.24) is 0 Å². The molecular formula is C24H20O5S. The van der Waals surface area contributed by atoms with E-state index in [1.54, 1.807) is 12.1 Å². The van der Waals surface area contributed by atoms with Crippen LogP contribution in [0.1, 0.15) is 16.7 Å². The summed E-state index contributed by atoms with van der Waals surface area (Å²) in [6.07, 6.45) is 0. The Balaban J connectivity index is 1.60. The average Bonchev–Trinajstić information content (AvgIpc) is 3.07. The van der Waals surface area contributed by atoms with E-state index in [0.29, 0.717) is 27.3 Å². The van der Waals surface area contributed by atoms with Crippen LogP contribution >= 0.6 is 11.3 Å². The van der Waals surface area contributed by atoms with Gasteiger partial charge in [-0.05, 0) is 43.5 Å². The first kappa shape index (κ1) is 19.9. The lowest BCUT2D eigenvalue weighted by Gasteiger charge is -2.12. The minimum absolute atomic E-state index is 0.217. The Morgan fingerprint density at radius 3 is 2.40 bits per heavy atom. The van der Waals surface area contributed by atoms with Crippen molar-refractivity contribution in [2.45, 2.75) is 20.8 Å². The van der Waals surface area contributed by atoms with E-state index in [4.69, 9.17) is 13.9 Å². The molecule has 0 amide bonds. The molecule has 0 fully saturated rings. The van der Waals surface area contributed by atoms with Crippen molar-refractivity contribution in [2.75, 3.05) is 6.61 Å². The molecule has 0 N–H and O–H groups in total. The van der Waals surface area contributed by atoms with E-state index in [2.05, 4.69) is 0 Å². The highest BCUT2D eigenvalue weighted by Gasteiger charge is 2.16. The van der Waals surface area contributed by atoms with Gasteiger partial charge < -0.3 is 13.9 Å². The molecule has 0 spiro atoms. The Hall–Kier alpha value is -3.38. The normalized spacial score (nSPS) is 10.9. The highest BCUT2D eigenvalue weighted by atomic mass is 32.1. The maximum absolute atomic E-state index is 12.4. The number of carbonyl (C=O) groups excluding carboxylic acids is 1. The van der Waals surface area contributed by atoms with E-state index in [-0.39, 0.29) is 6.61 Å². The van der Waals surface area contributed by atoms with Crippen molar-refractivity contribution < 1.29 is 18.7 Å². The predicted octanol–water partition coefficient (Wildman–Crippen LogP) is 5.43. The molecule has 0 bridgehead atoms. The molecule has 6 heteroatoms. The first-order chi connectivity index (χ1) is 14.4. The third-order valence-electron chi connectivity index (χ3n) is 4.74. The lowest BCUT2D eigenvalue weighted by molar-refractivity contribution is -0.136. The molecule has 5 nitrogen and oxygen atoms in total. The van der Waals surface area contributed by atoms with Gasteiger partial charge in [0.1, 0.15) is 11.5 Å². The van der Waals surface area contributed by atoms with Crippen molar-refractivity contribution in [3.63, 3.8) is 0 Å². The number of fused-ring (bicyclic) bond motifs is 1. The van der Waals surface area contributed by atoms with Gasteiger partial charge in [-0.15, -0.1) is 0 Å². The van der Waals surface area contributed by atoms with Crippen molar-refractivity contribution in [2.24, 2.45) is 0 Å². The van der Waals surface area contributed by atoms with Crippen LogP contribution in [0.4, 0.5) is 0 Å². The fourth-order valence-electron chi connectivity index (χ4n) is 3.28. The van der Waals surface area contributed by atoms with Crippen LogP contribution in [0.2, 0.25) is 0 Å². The second kappa shape index (κ2) is 8.16. The Bertz CT molecular complexity index is 1260. The lowest BCUT2D eigenvalue weighted by Crippen LogP contribution is -2.18. The molecule has 0 radical (unpaired) electrons. The average molecular weight is 420 g/mol. The molecule has 1 heterocycles. The summed E-state index contributed by atoms with van der Waals surface area (Å²) < 4.78 is 17.2. The Labute approximate surface area is 177 Å². The van der Waals surface area contributed by atoms with Gasteiger partial charge in [0.2, 0.25) is 0 Å². The van der Waals surface area contributed by atoms with Gasteiger partial charge in [0.15, 0.2) is 12.2 Å². The summed E-state index contributed by atoms with van der Waals surface area (Å²) in [6.45, 7) is 5.64. The van der Waals surface area contributed by atoms with Crippen molar-refractivity contribution in [1.29, 1.82) is 0 Å². The summed E-state index contributed by atoms with van der Waals surface area (Å²) in [7, 11) is 0. The third kappa shape index (κ3) is 4.14. The number of para-hydroxylation sites is 1. The number of hydrogen-bond acceptors (Lipinski definition) is 6. The van der Waals surface area contributed by atoms with Crippen LogP contribution in [0.5, 0.6) is 11.5 Å². The fourth-order valence-corrected chi connectivity index (χ4v) is 4.00. The summed E-state index contributed by atoms with van der Waals surface area (Å²) in [5.41, 5.74) is 5.08. The molecule has 0 saturated heterocycles. The predicted molar refractivity (Wildman–Crippen MR) is 118 cm³/mol. The maximum atomic E-state index is 12.4. The SMILES string of the molecule is Cc1ccc(-c2cc(OC(=O)COc3c(C)cccc3C)cc3sc(=O)oc23)cc1. The summed E-state index contributed by atoms with van der Waals surface area (Å²) in [5, 5.41) is 0. The quantitative estimate of drug-likeness (QED) is 0.318. The molecule has 0 atom stereocenters. The molecule has 152 valence electrons. The van der Waals surface area contributed by atoms with E-state index in [1.165, 1.54) is 0 Å². The summed E-state index contributed by atoms with van der Waals surface area (Å²) in [6, 6.07) is 17.0. The molecule has 0 aliphatic heterocycles. The number of esters is 1. The van der Waals surface area contributed by atoms with Gasteiger partial charge >= 0.3 is 10.9 Å². The monoisotopic (exact) mass is 420 g/mol. The van der Waals surface area contributed by atoms with Gasteiger partial charge in [0, 0.05) is 11.6 Å². The smallest absolute Gasteiger partial charge is 0.396 e. The van der Waals surface area contributed by atoms with Gasteiger partial charge in [-0.25, -0.2) is 9.59 Å². The number of rotatable bonds is 5. The van der Waals surface area contributed by atoms with Crippen molar-refractivity contribution in [3.05, 3.63) is 81.0 Å². The van der Waals surface area contributed by atoms with E-state index >= 15 is 0 Å². The number of ether oxygens (including phenoxy) is 2. The zero-order chi connectivity index (χ0) is 21.3. The van der Waals surface area contributed by atoms with E-state index < -0.39 is 10.9 Å². The Morgan fingerprint density at radius 2 is 1.70 bits per heavy atom. The standard InChI is InChI=1S/C24H20O5S/c1-14-7-9-17(10-8-14)19-11-18(12-20-23(19)29-24(26)30-20)28-21(25)13-27-22-15(2)5-4-6-16(22)3/h4-12H,13H2,1-3H3. The molecule has 4 rings (SSSR count). The Morgan fingerprint density at radius 1 is 1.00 bits per heavy atom. The minimum Gasteiger partial charge on any atom is -0.481 e. The first-order valence-electron chi connectivity index (χ1n) is 9.45. The second-order valence-corrected chi connectivity index (χ2v) is 8.08. The Kier molecular flexibility index (Phi) is 5.42.